The van der Waals surface area contributed by atoms with Crippen molar-refractivity contribution in [2.45, 2.75) is 26.2 Å². The van der Waals surface area contributed by atoms with Crippen molar-refractivity contribution in [1.82, 2.24) is 4.90 Å². The highest BCUT2D eigenvalue weighted by Crippen LogP contribution is 2.19. The van der Waals surface area contributed by atoms with Crippen molar-refractivity contribution in [2.75, 3.05) is 13.1 Å². The van der Waals surface area contributed by atoms with Gasteiger partial charge in [-0.05, 0) is 30.4 Å². The molecular weight excluding hydrogens is 162 g/mol. The Labute approximate surface area is 72.5 Å². The minimum Gasteiger partial charge on any atom is -0.329 e. The zero-order chi connectivity index (χ0) is 8.27. The summed E-state index contributed by atoms with van der Waals surface area (Å²) in [7, 11) is 0. The number of hydrogen-bond donors (Lipinski definition) is 0. The lowest BCUT2D eigenvalue weighted by atomic mass is 9.96. The zero-order valence-electron chi connectivity index (χ0n) is 6.85. The quantitative estimate of drug-likeness (QED) is 0.443. The van der Waals surface area contributed by atoms with Gasteiger partial charge in [0.1, 0.15) is 0 Å². The summed E-state index contributed by atoms with van der Waals surface area (Å²) in [6, 6.07) is 0. The standard InChI is InChI=1S/C8H14ClNO/c1-2-7-4-3-5-10(6-7)8(9)11/h7H,2-6H2,1H3. The number of nitrogens with zero attached hydrogens (tertiary/aromatic N) is 1. The average Bonchev–Trinajstić information content (AvgIpc) is 2.05. The lowest BCUT2D eigenvalue weighted by Crippen LogP contribution is -2.36. The maximum Gasteiger partial charge on any atom is 0.316 e. The highest BCUT2D eigenvalue weighted by molar-refractivity contribution is 6.62. The van der Waals surface area contributed by atoms with Gasteiger partial charge < -0.3 is 4.90 Å². The van der Waals surface area contributed by atoms with E-state index in [1.165, 1.54) is 6.42 Å². The van der Waals surface area contributed by atoms with Gasteiger partial charge in [0.15, 0.2) is 0 Å². The maximum atomic E-state index is 10.8. The van der Waals surface area contributed by atoms with E-state index in [4.69, 9.17) is 11.6 Å². The van der Waals surface area contributed by atoms with E-state index >= 15 is 0 Å². The summed E-state index contributed by atoms with van der Waals surface area (Å²) >= 11 is 5.37. The molecule has 1 atom stereocenters. The van der Waals surface area contributed by atoms with Gasteiger partial charge in [0.2, 0.25) is 0 Å². The van der Waals surface area contributed by atoms with Crippen molar-refractivity contribution >= 4 is 17.0 Å². The lowest BCUT2D eigenvalue weighted by molar-refractivity contribution is 0.184. The topological polar surface area (TPSA) is 20.3 Å². The molecule has 1 saturated heterocycles. The second-order valence-electron chi connectivity index (χ2n) is 3.12. The van der Waals surface area contributed by atoms with Crippen LogP contribution in [0, 0.1) is 5.92 Å². The largest absolute Gasteiger partial charge is 0.329 e. The summed E-state index contributed by atoms with van der Waals surface area (Å²) in [5.74, 6) is 0.673. The van der Waals surface area contributed by atoms with Gasteiger partial charge in [0, 0.05) is 13.1 Å². The average molecular weight is 176 g/mol. The monoisotopic (exact) mass is 175 g/mol. The third-order valence-electron chi connectivity index (χ3n) is 2.34. The molecule has 0 radical (unpaired) electrons. The Morgan fingerprint density at radius 2 is 2.45 bits per heavy atom. The molecule has 0 aromatic heterocycles. The number of carbonyl (C=O) groups excluding carboxylic acids is 1. The molecule has 1 heterocycles. The van der Waals surface area contributed by atoms with E-state index in [-0.39, 0.29) is 5.37 Å². The van der Waals surface area contributed by atoms with Crippen LogP contribution < -0.4 is 0 Å². The van der Waals surface area contributed by atoms with Crippen LogP contribution in [-0.2, 0) is 0 Å². The molecule has 3 heteroatoms. The molecule has 1 rings (SSSR count). The molecule has 1 fully saturated rings. The molecule has 0 spiro atoms. The van der Waals surface area contributed by atoms with Gasteiger partial charge in [-0.3, -0.25) is 4.79 Å². The number of carbonyl (C=O) groups is 1. The lowest BCUT2D eigenvalue weighted by Gasteiger charge is -2.30. The Bertz CT molecular complexity index is 149. The Kier molecular flexibility index (Phi) is 3.18. The van der Waals surface area contributed by atoms with E-state index in [9.17, 15) is 4.79 Å². The molecule has 0 aromatic rings. The van der Waals surface area contributed by atoms with Crippen molar-refractivity contribution in [3.63, 3.8) is 0 Å². The second-order valence-corrected chi connectivity index (χ2v) is 3.44. The molecule has 0 bridgehead atoms. The molecule has 1 aliphatic heterocycles. The second kappa shape index (κ2) is 3.96. The Morgan fingerprint density at radius 3 is 3.00 bits per heavy atom. The fraction of sp³-hybridized carbons (Fsp3) is 0.875. The SMILES string of the molecule is CCC1CCCN(C(=O)Cl)C1. The molecule has 11 heavy (non-hydrogen) atoms. The van der Waals surface area contributed by atoms with E-state index in [1.807, 2.05) is 0 Å². The molecule has 1 aliphatic rings. The van der Waals surface area contributed by atoms with Gasteiger partial charge in [-0.25, -0.2) is 0 Å². The molecule has 1 unspecified atom stereocenters. The van der Waals surface area contributed by atoms with E-state index in [2.05, 4.69) is 6.92 Å². The van der Waals surface area contributed by atoms with Crippen LogP contribution in [0.4, 0.5) is 4.79 Å². The summed E-state index contributed by atoms with van der Waals surface area (Å²) in [4.78, 5) is 12.5. The molecule has 2 nitrogen and oxygen atoms in total. The zero-order valence-corrected chi connectivity index (χ0v) is 7.60. The van der Waals surface area contributed by atoms with Gasteiger partial charge in [-0.1, -0.05) is 13.3 Å². The van der Waals surface area contributed by atoms with Crippen molar-refractivity contribution < 1.29 is 4.79 Å². The van der Waals surface area contributed by atoms with Crippen LogP contribution in [0.2, 0.25) is 0 Å². The molecule has 1 amide bonds. The van der Waals surface area contributed by atoms with Crippen LogP contribution in [0.5, 0.6) is 0 Å². The number of piperidine rings is 1. The van der Waals surface area contributed by atoms with Gasteiger partial charge in [0.25, 0.3) is 0 Å². The Balaban J connectivity index is 2.39. The molecule has 0 aromatic carbocycles. The molecule has 64 valence electrons. The fourth-order valence-corrected chi connectivity index (χ4v) is 1.71. The predicted molar refractivity (Wildman–Crippen MR) is 45.8 cm³/mol. The van der Waals surface area contributed by atoms with E-state index in [0.29, 0.717) is 5.92 Å². The molecule has 0 N–H and O–H groups in total. The van der Waals surface area contributed by atoms with E-state index < -0.39 is 0 Å². The van der Waals surface area contributed by atoms with Crippen LogP contribution in [0.15, 0.2) is 0 Å². The first-order chi connectivity index (χ1) is 5.24. The minimum atomic E-state index is -0.289. The van der Waals surface area contributed by atoms with Gasteiger partial charge >= 0.3 is 5.37 Å². The van der Waals surface area contributed by atoms with E-state index in [1.54, 1.807) is 4.90 Å². The van der Waals surface area contributed by atoms with Crippen molar-refractivity contribution in [2.24, 2.45) is 5.92 Å². The molecular formula is C8H14ClNO. The van der Waals surface area contributed by atoms with Crippen molar-refractivity contribution in [1.29, 1.82) is 0 Å². The van der Waals surface area contributed by atoms with Crippen LogP contribution in [0.1, 0.15) is 26.2 Å². The predicted octanol–water partition coefficient (Wildman–Crippen LogP) is 2.47. The summed E-state index contributed by atoms with van der Waals surface area (Å²) in [6.07, 6.45) is 3.51. The van der Waals surface area contributed by atoms with Crippen LogP contribution in [0.3, 0.4) is 0 Å². The number of likely N-dealkylation sites (tertiary alicyclic amines) is 1. The van der Waals surface area contributed by atoms with Crippen molar-refractivity contribution in [3.05, 3.63) is 0 Å². The third-order valence-corrected chi connectivity index (χ3v) is 2.58. The summed E-state index contributed by atoms with van der Waals surface area (Å²) in [5.41, 5.74) is 0. The maximum absolute atomic E-state index is 10.8. The fourth-order valence-electron chi connectivity index (χ4n) is 1.56. The Hall–Kier alpha value is -0.240. The summed E-state index contributed by atoms with van der Waals surface area (Å²) < 4.78 is 0. The van der Waals surface area contributed by atoms with Crippen LogP contribution >= 0.6 is 11.6 Å². The first-order valence-electron chi connectivity index (χ1n) is 4.18. The highest BCUT2D eigenvalue weighted by atomic mass is 35.5. The first-order valence-corrected chi connectivity index (χ1v) is 4.56. The number of halogens is 1. The smallest absolute Gasteiger partial charge is 0.316 e. The third kappa shape index (κ3) is 2.37. The Morgan fingerprint density at radius 1 is 1.73 bits per heavy atom. The van der Waals surface area contributed by atoms with Gasteiger partial charge in [-0.2, -0.15) is 0 Å². The summed E-state index contributed by atoms with van der Waals surface area (Å²) in [6.45, 7) is 3.87. The van der Waals surface area contributed by atoms with Gasteiger partial charge in [-0.15, -0.1) is 0 Å². The van der Waals surface area contributed by atoms with Gasteiger partial charge in [0.05, 0.1) is 0 Å². The van der Waals surface area contributed by atoms with Crippen LogP contribution in [-0.4, -0.2) is 23.4 Å². The number of hydrogen-bond acceptors (Lipinski definition) is 1. The highest BCUT2D eigenvalue weighted by Gasteiger charge is 2.20. The normalized spacial score (nSPS) is 25.3. The van der Waals surface area contributed by atoms with E-state index in [0.717, 1.165) is 25.9 Å². The number of rotatable bonds is 1. The first kappa shape index (κ1) is 8.85. The number of amides is 1. The molecule has 0 saturated carbocycles. The summed E-state index contributed by atoms with van der Waals surface area (Å²) in [5, 5.41) is -0.289. The minimum absolute atomic E-state index is 0.289. The molecule has 0 aliphatic carbocycles. The van der Waals surface area contributed by atoms with Crippen molar-refractivity contribution in [3.8, 4) is 0 Å². The van der Waals surface area contributed by atoms with Crippen LogP contribution in [0.25, 0.3) is 0 Å².